The molecule has 1 heterocycles. The monoisotopic (exact) mass is 356 g/mol. The van der Waals surface area contributed by atoms with E-state index < -0.39 is 0 Å². The molecule has 5 heteroatoms. The summed E-state index contributed by atoms with van der Waals surface area (Å²) >= 11 is 0. The summed E-state index contributed by atoms with van der Waals surface area (Å²) in [5, 5.41) is 8.12. The molecule has 136 valence electrons. The number of benzene rings is 2. The number of nitrogens with zero attached hydrogens (tertiary/aromatic N) is 1. The highest BCUT2D eigenvalue weighted by Crippen LogP contribution is 2.46. The van der Waals surface area contributed by atoms with E-state index in [1.54, 1.807) is 7.11 Å². The fourth-order valence-electron chi connectivity index (χ4n) is 4.47. The van der Waals surface area contributed by atoms with Crippen molar-refractivity contribution in [3.63, 3.8) is 0 Å². The Labute approximate surface area is 152 Å². The van der Waals surface area contributed by atoms with Crippen LogP contribution in [0.5, 0.6) is 0 Å². The molecule has 0 aromatic heterocycles. The normalized spacial score (nSPS) is 29.6. The van der Waals surface area contributed by atoms with Crippen LogP contribution in [0.3, 0.4) is 0 Å². The van der Waals surface area contributed by atoms with E-state index in [-0.39, 0.29) is 35.6 Å². The lowest BCUT2D eigenvalue weighted by Gasteiger charge is -2.47. The van der Waals surface area contributed by atoms with E-state index in [1.165, 1.54) is 24.3 Å². The molecule has 0 radical (unpaired) electrons. The molecule has 0 spiro atoms. The van der Waals surface area contributed by atoms with E-state index in [9.17, 15) is 8.78 Å². The van der Waals surface area contributed by atoms with Crippen LogP contribution in [0, 0.1) is 23.5 Å². The number of hydrogen-bond donors (Lipinski definition) is 1. The van der Waals surface area contributed by atoms with Gasteiger partial charge < -0.3 is 10.2 Å². The number of hydrogen-bond acceptors (Lipinski definition) is 3. The summed E-state index contributed by atoms with van der Waals surface area (Å²) in [6, 6.07) is 13.3. The number of piperidine rings is 1. The van der Waals surface area contributed by atoms with E-state index in [0.717, 1.165) is 36.1 Å². The Balaban J connectivity index is 1.76. The van der Waals surface area contributed by atoms with Gasteiger partial charge in [0.2, 0.25) is 0 Å². The van der Waals surface area contributed by atoms with E-state index in [2.05, 4.69) is 10.5 Å². The van der Waals surface area contributed by atoms with Crippen molar-refractivity contribution in [3.8, 4) is 0 Å². The van der Waals surface area contributed by atoms with Crippen LogP contribution in [0.1, 0.15) is 42.5 Å². The van der Waals surface area contributed by atoms with Crippen LogP contribution in [0.25, 0.3) is 0 Å². The molecule has 2 aromatic carbocycles. The summed E-state index contributed by atoms with van der Waals surface area (Å²) in [4.78, 5) is 5.16. The summed E-state index contributed by atoms with van der Waals surface area (Å²) in [7, 11) is 1.57. The fourth-order valence-corrected chi connectivity index (χ4v) is 4.47. The zero-order valence-corrected chi connectivity index (χ0v) is 14.7. The van der Waals surface area contributed by atoms with Crippen LogP contribution >= 0.6 is 0 Å². The van der Waals surface area contributed by atoms with Gasteiger partial charge in [-0.2, -0.15) is 0 Å². The third-order valence-electron chi connectivity index (χ3n) is 5.61. The molecular formula is C21H22F2N2O. The van der Waals surface area contributed by atoms with Crippen LogP contribution in [0.2, 0.25) is 0 Å². The molecule has 2 aromatic rings. The average molecular weight is 356 g/mol. The second-order valence-corrected chi connectivity index (χ2v) is 7.07. The van der Waals surface area contributed by atoms with Gasteiger partial charge >= 0.3 is 0 Å². The zero-order chi connectivity index (χ0) is 18.1. The Morgan fingerprint density at radius 2 is 1.31 bits per heavy atom. The van der Waals surface area contributed by atoms with Crippen molar-refractivity contribution in [1.29, 1.82) is 0 Å². The molecule has 4 rings (SSSR count). The Hall–Kier alpha value is -2.27. The molecule has 1 saturated carbocycles. The SMILES string of the molecule is CON=C1[C@H]2CCC[C@@H]1[C@H](c1ccc(F)cc1)N[C@@H]2c1ccc(F)cc1. The molecular weight excluding hydrogens is 334 g/mol. The van der Waals surface area contributed by atoms with Gasteiger partial charge in [-0.05, 0) is 48.2 Å². The highest BCUT2D eigenvalue weighted by molar-refractivity contribution is 5.91. The fraction of sp³-hybridized carbons (Fsp3) is 0.381. The lowest BCUT2D eigenvalue weighted by Crippen LogP contribution is -2.50. The van der Waals surface area contributed by atoms with Crippen molar-refractivity contribution in [1.82, 2.24) is 5.32 Å². The van der Waals surface area contributed by atoms with Gasteiger partial charge in [0.15, 0.2) is 0 Å². The average Bonchev–Trinajstić information content (AvgIpc) is 2.64. The number of rotatable bonds is 3. The zero-order valence-electron chi connectivity index (χ0n) is 14.7. The largest absolute Gasteiger partial charge is 0.399 e. The number of halogens is 2. The summed E-state index contributed by atoms with van der Waals surface area (Å²) in [5.41, 5.74) is 3.13. The van der Waals surface area contributed by atoms with Crippen molar-refractivity contribution >= 4 is 5.71 Å². The number of oxime groups is 1. The summed E-state index contributed by atoms with van der Waals surface area (Å²) < 4.78 is 26.8. The van der Waals surface area contributed by atoms with Gasteiger partial charge in [0.1, 0.15) is 18.7 Å². The van der Waals surface area contributed by atoms with Crippen molar-refractivity contribution in [2.45, 2.75) is 31.3 Å². The van der Waals surface area contributed by atoms with Crippen molar-refractivity contribution in [2.75, 3.05) is 7.11 Å². The maximum Gasteiger partial charge on any atom is 0.123 e. The minimum absolute atomic E-state index is 0.0242. The van der Waals surface area contributed by atoms with E-state index in [1.807, 2.05) is 24.3 Å². The summed E-state index contributed by atoms with van der Waals surface area (Å²) in [6.45, 7) is 0. The highest BCUT2D eigenvalue weighted by atomic mass is 19.1. The van der Waals surface area contributed by atoms with Crippen molar-refractivity contribution < 1.29 is 13.6 Å². The smallest absolute Gasteiger partial charge is 0.123 e. The molecule has 1 aliphatic heterocycles. The molecule has 2 aliphatic rings. The van der Waals surface area contributed by atoms with Gasteiger partial charge in [-0.1, -0.05) is 35.8 Å². The minimum atomic E-state index is -0.244. The first-order valence-electron chi connectivity index (χ1n) is 9.05. The molecule has 0 unspecified atom stereocenters. The molecule has 4 atom stereocenters. The first-order chi connectivity index (χ1) is 12.7. The van der Waals surface area contributed by atoms with Crippen LogP contribution in [-0.2, 0) is 4.84 Å². The molecule has 3 nitrogen and oxygen atoms in total. The molecule has 1 N–H and O–H groups in total. The highest BCUT2D eigenvalue weighted by Gasteiger charge is 2.45. The lowest BCUT2D eigenvalue weighted by molar-refractivity contribution is 0.180. The Kier molecular flexibility index (Phi) is 4.72. The lowest BCUT2D eigenvalue weighted by atomic mass is 9.67. The summed E-state index contributed by atoms with van der Waals surface area (Å²) in [5.74, 6) is -0.0504. The van der Waals surface area contributed by atoms with E-state index in [0.29, 0.717) is 0 Å². The predicted octanol–water partition coefficient (Wildman–Crippen LogP) is 4.77. The Morgan fingerprint density at radius 1 is 0.846 bits per heavy atom. The first-order valence-corrected chi connectivity index (χ1v) is 9.05. The molecule has 0 amide bonds. The van der Waals surface area contributed by atoms with Crippen molar-refractivity contribution in [3.05, 3.63) is 71.3 Å². The van der Waals surface area contributed by atoms with Crippen LogP contribution in [0.4, 0.5) is 8.78 Å². The molecule has 2 fully saturated rings. The van der Waals surface area contributed by atoms with Gasteiger partial charge in [0.05, 0.1) is 5.71 Å². The van der Waals surface area contributed by atoms with Gasteiger partial charge in [0, 0.05) is 23.9 Å². The quantitative estimate of drug-likeness (QED) is 0.804. The van der Waals surface area contributed by atoms with E-state index >= 15 is 0 Å². The third kappa shape index (κ3) is 3.12. The Morgan fingerprint density at radius 3 is 1.73 bits per heavy atom. The third-order valence-corrected chi connectivity index (χ3v) is 5.61. The van der Waals surface area contributed by atoms with Crippen LogP contribution in [0.15, 0.2) is 53.7 Å². The van der Waals surface area contributed by atoms with Crippen LogP contribution < -0.4 is 5.32 Å². The number of fused-ring (bicyclic) bond motifs is 2. The predicted molar refractivity (Wildman–Crippen MR) is 96.7 cm³/mol. The van der Waals surface area contributed by atoms with Gasteiger partial charge in [-0.15, -0.1) is 0 Å². The number of nitrogens with one attached hydrogen (secondary N) is 1. The molecule has 1 aliphatic carbocycles. The van der Waals surface area contributed by atoms with Gasteiger partial charge in [0.25, 0.3) is 0 Å². The minimum Gasteiger partial charge on any atom is -0.399 e. The van der Waals surface area contributed by atoms with Gasteiger partial charge in [-0.25, -0.2) is 8.78 Å². The standard InChI is InChI=1S/C21H22F2N2O/c1-26-25-21-17-3-2-4-18(21)20(14-7-11-16(23)12-8-14)24-19(17)13-5-9-15(22)10-6-13/h5-12,17-20,24H,2-4H2,1H3/t17-,18+,19+,20-. The molecule has 1 saturated heterocycles. The summed E-state index contributed by atoms with van der Waals surface area (Å²) in [6.07, 6.45) is 3.14. The van der Waals surface area contributed by atoms with Gasteiger partial charge in [-0.3, -0.25) is 0 Å². The maximum atomic E-state index is 13.4. The maximum absolute atomic E-state index is 13.4. The van der Waals surface area contributed by atoms with Crippen molar-refractivity contribution in [2.24, 2.45) is 17.0 Å². The Bertz CT molecular complexity index is 727. The molecule has 26 heavy (non-hydrogen) atoms. The van der Waals surface area contributed by atoms with E-state index in [4.69, 9.17) is 4.84 Å². The van der Waals surface area contributed by atoms with Crippen LogP contribution in [-0.4, -0.2) is 12.8 Å². The second kappa shape index (κ2) is 7.16. The first kappa shape index (κ1) is 17.2. The second-order valence-electron chi connectivity index (χ2n) is 7.07. The molecule has 2 bridgehead atoms. The topological polar surface area (TPSA) is 33.6 Å².